The van der Waals surface area contributed by atoms with Crippen LogP contribution in [0.1, 0.15) is 23.6 Å². The van der Waals surface area contributed by atoms with Crippen molar-refractivity contribution >= 4 is 34.4 Å². The summed E-state index contributed by atoms with van der Waals surface area (Å²) in [5.74, 6) is 0.777. The number of carbonyl (C=O) groups excluding carboxylic acids is 1. The minimum absolute atomic E-state index is 0.184. The predicted molar refractivity (Wildman–Crippen MR) is 134 cm³/mol. The molecule has 0 aliphatic rings. The molecule has 1 amide bonds. The molecule has 4 aromatic rings. The standard InChI is InChI=1S/C26H26N4O2S/c1-18-11-13-20(14-12-18)16-30-24-10-5-4-9-23(24)27-26(30)33-17-25(31)29-28-19(2)21-7-6-8-22(15-21)32-3/h4-15H,16-17H2,1-3H3,(H,29,31)/b28-19-. The molecule has 0 bridgehead atoms. The van der Waals surface area contributed by atoms with Crippen LogP contribution >= 0.6 is 11.8 Å². The molecule has 0 saturated heterocycles. The molecular formula is C26H26N4O2S. The Balaban J connectivity index is 1.46. The van der Waals surface area contributed by atoms with Crippen LogP contribution in [0.3, 0.4) is 0 Å². The van der Waals surface area contributed by atoms with Gasteiger partial charge in [0.2, 0.25) is 0 Å². The molecule has 0 aliphatic heterocycles. The average Bonchev–Trinajstić information content (AvgIpc) is 3.19. The number of hydrogen-bond acceptors (Lipinski definition) is 5. The number of nitrogens with zero attached hydrogens (tertiary/aromatic N) is 3. The summed E-state index contributed by atoms with van der Waals surface area (Å²) in [6, 6.07) is 24.1. The van der Waals surface area contributed by atoms with Gasteiger partial charge in [-0.15, -0.1) is 0 Å². The SMILES string of the molecule is COc1cccc(/C(C)=N\NC(=O)CSc2nc3ccccc3n2Cc2ccc(C)cc2)c1. The van der Waals surface area contributed by atoms with E-state index in [4.69, 9.17) is 9.72 Å². The third-order valence-electron chi connectivity index (χ3n) is 5.25. The number of nitrogens with one attached hydrogen (secondary N) is 1. The Morgan fingerprint density at radius 1 is 1.09 bits per heavy atom. The molecule has 1 heterocycles. The number of aryl methyl sites for hydroxylation is 1. The van der Waals surface area contributed by atoms with Crippen molar-refractivity contribution in [2.75, 3.05) is 12.9 Å². The summed E-state index contributed by atoms with van der Waals surface area (Å²) in [5.41, 5.74) is 8.63. The van der Waals surface area contributed by atoms with Crippen LogP contribution in [-0.4, -0.2) is 34.0 Å². The lowest BCUT2D eigenvalue weighted by Crippen LogP contribution is -2.21. The molecule has 1 aromatic heterocycles. The lowest BCUT2D eigenvalue weighted by atomic mass is 10.1. The van der Waals surface area contributed by atoms with Crippen molar-refractivity contribution in [2.45, 2.75) is 25.5 Å². The zero-order chi connectivity index (χ0) is 23.2. The Morgan fingerprint density at radius 2 is 1.88 bits per heavy atom. The van der Waals surface area contributed by atoms with Gasteiger partial charge < -0.3 is 9.30 Å². The number of aromatic nitrogens is 2. The van der Waals surface area contributed by atoms with Crippen molar-refractivity contribution in [1.29, 1.82) is 0 Å². The van der Waals surface area contributed by atoms with Crippen LogP contribution in [-0.2, 0) is 11.3 Å². The molecule has 0 saturated carbocycles. The number of fused-ring (bicyclic) bond motifs is 1. The van der Waals surface area contributed by atoms with Crippen LogP contribution in [0.2, 0.25) is 0 Å². The fourth-order valence-electron chi connectivity index (χ4n) is 3.41. The second-order valence-electron chi connectivity index (χ2n) is 7.71. The van der Waals surface area contributed by atoms with Crippen molar-refractivity contribution < 1.29 is 9.53 Å². The molecule has 0 atom stereocenters. The van der Waals surface area contributed by atoms with Gasteiger partial charge in [-0.1, -0.05) is 65.9 Å². The van der Waals surface area contributed by atoms with E-state index in [0.717, 1.165) is 27.5 Å². The number of carbonyl (C=O) groups is 1. The fraction of sp³-hybridized carbons (Fsp3) is 0.192. The van der Waals surface area contributed by atoms with E-state index < -0.39 is 0 Å². The number of ether oxygens (including phenoxy) is 1. The van der Waals surface area contributed by atoms with Crippen molar-refractivity contribution in [1.82, 2.24) is 15.0 Å². The highest BCUT2D eigenvalue weighted by molar-refractivity contribution is 7.99. The highest BCUT2D eigenvalue weighted by Crippen LogP contribution is 2.25. The largest absolute Gasteiger partial charge is 0.497 e. The topological polar surface area (TPSA) is 68.5 Å². The molecule has 0 unspecified atom stereocenters. The number of thioether (sulfide) groups is 1. The van der Waals surface area contributed by atoms with E-state index in [-0.39, 0.29) is 11.7 Å². The minimum atomic E-state index is -0.184. The molecule has 1 N–H and O–H groups in total. The number of para-hydroxylation sites is 2. The first-order valence-corrected chi connectivity index (χ1v) is 11.6. The van der Waals surface area contributed by atoms with Gasteiger partial charge in [-0.2, -0.15) is 5.10 Å². The molecule has 33 heavy (non-hydrogen) atoms. The van der Waals surface area contributed by atoms with Gasteiger partial charge in [0.15, 0.2) is 5.16 Å². The summed E-state index contributed by atoms with van der Waals surface area (Å²) in [6.45, 7) is 4.62. The van der Waals surface area contributed by atoms with Crippen LogP contribution < -0.4 is 10.2 Å². The monoisotopic (exact) mass is 458 g/mol. The van der Waals surface area contributed by atoms with E-state index in [1.807, 2.05) is 49.4 Å². The maximum absolute atomic E-state index is 12.5. The second kappa shape index (κ2) is 10.4. The van der Waals surface area contributed by atoms with Gasteiger partial charge in [0.1, 0.15) is 5.75 Å². The number of imidazole rings is 1. The van der Waals surface area contributed by atoms with Crippen molar-refractivity contribution in [3.8, 4) is 5.75 Å². The molecule has 0 spiro atoms. The summed E-state index contributed by atoms with van der Waals surface area (Å²) in [6.07, 6.45) is 0. The molecule has 3 aromatic carbocycles. The van der Waals surface area contributed by atoms with E-state index in [1.54, 1.807) is 7.11 Å². The van der Waals surface area contributed by atoms with E-state index >= 15 is 0 Å². The van der Waals surface area contributed by atoms with Crippen molar-refractivity contribution in [3.63, 3.8) is 0 Å². The zero-order valence-electron chi connectivity index (χ0n) is 18.9. The van der Waals surface area contributed by atoms with Gasteiger partial charge in [0.05, 0.1) is 36.2 Å². The van der Waals surface area contributed by atoms with Gasteiger partial charge >= 0.3 is 0 Å². The Kier molecular flexibility index (Phi) is 7.10. The van der Waals surface area contributed by atoms with E-state index in [9.17, 15) is 4.79 Å². The number of rotatable bonds is 8. The number of hydrazone groups is 1. The van der Waals surface area contributed by atoms with Gasteiger partial charge in [-0.25, -0.2) is 10.4 Å². The number of methoxy groups -OCH3 is 1. The quantitative estimate of drug-likeness (QED) is 0.228. The van der Waals surface area contributed by atoms with Gasteiger partial charge in [-0.05, 0) is 43.7 Å². The predicted octanol–water partition coefficient (Wildman–Crippen LogP) is 5.03. The van der Waals surface area contributed by atoms with Crippen LogP contribution in [0.4, 0.5) is 0 Å². The molecule has 0 radical (unpaired) electrons. The normalized spacial score (nSPS) is 11.5. The van der Waals surface area contributed by atoms with Crippen LogP contribution in [0.5, 0.6) is 5.75 Å². The van der Waals surface area contributed by atoms with E-state index in [1.165, 1.54) is 22.9 Å². The van der Waals surface area contributed by atoms with Gasteiger partial charge in [-0.3, -0.25) is 4.79 Å². The first kappa shape index (κ1) is 22.6. The Labute approximate surface area is 197 Å². The molecule has 0 aliphatic carbocycles. The van der Waals surface area contributed by atoms with E-state index in [0.29, 0.717) is 12.3 Å². The maximum Gasteiger partial charge on any atom is 0.250 e. The summed E-state index contributed by atoms with van der Waals surface area (Å²) in [5, 5.41) is 5.05. The number of amides is 1. The lowest BCUT2D eigenvalue weighted by Gasteiger charge is -2.09. The summed E-state index contributed by atoms with van der Waals surface area (Å²) >= 11 is 1.41. The Morgan fingerprint density at radius 3 is 2.67 bits per heavy atom. The van der Waals surface area contributed by atoms with Gasteiger partial charge in [0, 0.05) is 5.56 Å². The molecule has 6 nitrogen and oxygen atoms in total. The highest BCUT2D eigenvalue weighted by atomic mass is 32.2. The van der Waals surface area contributed by atoms with Crippen molar-refractivity contribution in [2.24, 2.45) is 5.10 Å². The number of benzene rings is 3. The maximum atomic E-state index is 12.5. The molecular weight excluding hydrogens is 432 g/mol. The number of hydrogen-bond donors (Lipinski definition) is 1. The lowest BCUT2D eigenvalue weighted by molar-refractivity contribution is -0.118. The van der Waals surface area contributed by atoms with Crippen LogP contribution in [0.15, 0.2) is 83.1 Å². The fourth-order valence-corrected chi connectivity index (χ4v) is 4.22. The smallest absolute Gasteiger partial charge is 0.250 e. The Bertz CT molecular complexity index is 1300. The molecule has 4 rings (SSSR count). The zero-order valence-corrected chi connectivity index (χ0v) is 19.7. The highest BCUT2D eigenvalue weighted by Gasteiger charge is 2.13. The van der Waals surface area contributed by atoms with Crippen LogP contribution in [0, 0.1) is 6.92 Å². The van der Waals surface area contributed by atoms with E-state index in [2.05, 4.69) is 52.3 Å². The Hall–Kier alpha value is -3.58. The molecule has 7 heteroatoms. The molecule has 0 fully saturated rings. The van der Waals surface area contributed by atoms with Crippen molar-refractivity contribution in [3.05, 3.63) is 89.5 Å². The third kappa shape index (κ3) is 5.62. The first-order valence-electron chi connectivity index (χ1n) is 10.6. The average molecular weight is 459 g/mol. The van der Waals surface area contributed by atoms with Crippen LogP contribution in [0.25, 0.3) is 11.0 Å². The summed E-state index contributed by atoms with van der Waals surface area (Å²) < 4.78 is 7.40. The third-order valence-corrected chi connectivity index (χ3v) is 6.23. The minimum Gasteiger partial charge on any atom is -0.497 e. The summed E-state index contributed by atoms with van der Waals surface area (Å²) in [7, 11) is 1.62. The van der Waals surface area contributed by atoms with Gasteiger partial charge in [0.25, 0.3) is 5.91 Å². The summed E-state index contributed by atoms with van der Waals surface area (Å²) in [4.78, 5) is 17.3. The first-order chi connectivity index (χ1) is 16.0. The second-order valence-corrected chi connectivity index (χ2v) is 8.65. The molecule has 168 valence electrons.